The summed E-state index contributed by atoms with van der Waals surface area (Å²) in [5, 5.41) is 23.6. The van der Waals surface area contributed by atoms with Gasteiger partial charge in [-0.1, -0.05) is 204 Å². The van der Waals surface area contributed by atoms with E-state index in [0.717, 1.165) is 64.2 Å². The fourth-order valence-electron chi connectivity index (χ4n) is 6.95. The third kappa shape index (κ3) is 40.1. The van der Waals surface area contributed by atoms with Gasteiger partial charge in [0.1, 0.15) is 6.10 Å². The molecule has 0 aliphatic heterocycles. The molecule has 0 aromatic carbocycles. The third-order valence-corrected chi connectivity index (χ3v) is 10.6. The monoisotopic (exact) mass is 798 g/mol. The zero-order valence-electron chi connectivity index (χ0n) is 37.5. The molecule has 0 heterocycles. The van der Waals surface area contributed by atoms with E-state index in [0.29, 0.717) is 19.3 Å². The standard InChI is InChI=1S/C51H91NO5/c1-4-7-10-13-16-19-21-23-24-25-27-28-31-33-36-39-42-47(57-51(56)44-41-38-35-32-29-26-22-20-17-14-11-8-5-2)45-50(55)52-48(46-53)49(54)43-40-37-34-30-18-15-12-9-6-3/h21,23-29,35,38,47-49,53-54H,4-20,22,30-34,36-37,39-46H2,1-3H3,(H,52,55)/b23-21+,25-24+,28-27+,29-26-,38-35+. The first-order valence-electron chi connectivity index (χ1n) is 24.0. The molecule has 0 rings (SSSR count). The van der Waals surface area contributed by atoms with Crippen LogP contribution >= 0.6 is 0 Å². The molecule has 3 N–H and O–H groups in total. The smallest absolute Gasteiger partial charge is 0.306 e. The van der Waals surface area contributed by atoms with Crippen LogP contribution in [0.5, 0.6) is 0 Å². The Labute approximate surface area is 352 Å². The molecular formula is C51H91NO5. The van der Waals surface area contributed by atoms with E-state index in [9.17, 15) is 19.8 Å². The SMILES string of the molecule is CCCCCCC/C=C/C=C/C=C/CCCCCC(CC(=O)NC(CO)C(O)CCCCCCCCCCC)OC(=O)CC/C=C/C/C=C\CCCCCCCC. The number of ether oxygens (including phenoxy) is 1. The Hall–Kier alpha value is -2.44. The van der Waals surface area contributed by atoms with Crippen LogP contribution < -0.4 is 5.32 Å². The molecule has 0 aromatic rings. The van der Waals surface area contributed by atoms with Crippen LogP contribution in [0.15, 0.2) is 60.8 Å². The number of amides is 1. The molecule has 330 valence electrons. The van der Waals surface area contributed by atoms with Gasteiger partial charge in [-0.05, 0) is 70.6 Å². The first-order chi connectivity index (χ1) is 28.0. The van der Waals surface area contributed by atoms with Crippen LogP contribution in [0, 0.1) is 0 Å². The maximum Gasteiger partial charge on any atom is 0.306 e. The summed E-state index contributed by atoms with van der Waals surface area (Å²) in [6, 6.07) is -0.722. The molecule has 0 fully saturated rings. The fourth-order valence-corrected chi connectivity index (χ4v) is 6.95. The van der Waals surface area contributed by atoms with Crippen molar-refractivity contribution in [1.82, 2.24) is 5.32 Å². The maximum absolute atomic E-state index is 13.1. The summed E-state index contributed by atoms with van der Waals surface area (Å²) >= 11 is 0. The molecule has 3 unspecified atom stereocenters. The van der Waals surface area contributed by atoms with Gasteiger partial charge in [-0.2, -0.15) is 0 Å². The van der Waals surface area contributed by atoms with Crippen LogP contribution in [-0.2, 0) is 14.3 Å². The van der Waals surface area contributed by atoms with Crippen LogP contribution in [0.25, 0.3) is 0 Å². The number of unbranched alkanes of at least 4 members (excludes halogenated alkanes) is 22. The summed E-state index contributed by atoms with van der Waals surface area (Å²) in [4.78, 5) is 26.0. The number of rotatable bonds is 42. The Morgan fingerprint density at radius 3 is 1.49 bits per heavy atom. The number of esters is 1. The van der Waals surface area contributed by atoms with Gasteiger partial charge >= 0.3 is 5.97 Å². The molecule has 6 nitrogen and oxygen atoms in total. The molecule has 0 saturated heterocycles. The minimum Gasteiger partial charge on any atom is -0.462 e. The highest BCUT2D eigenvalue weighted by molar-refractivity contribution is 5.77. The summed E-state index contributed by atoms with van der Waals surface area (Å²) < 4.78 is 5.86. The Morgan fingerprint density at radius 2 is 0.965 bits per heavy atom. The second-order valence-electron chi connectivity index (χ2n) is 16.2. The van der Waals surface area contributed by atoms with Crippen molar-refractivity contribution in [2.24, 2.45) is 0 Å². The lowest BCUT2D eigenvalue weighted by atomic mass is 10.0. The zero-order valence-corrected chi connectivity index (χ0v) is 37.5. The number of aliphatic hydroxyl groups is 2. The molecule has 1 amide bonds. The Balaban J connectivity index is 4.76. The van der Waals surface area contributed by atoms with Crippen LogP contribution in [0.3, 0.4) is 0 Å². The van der Waals surface area contributed by atoms with Crippen molar-refractivity contribution >= 4 is 11.9 Å². The minimum atomic E-state index is -0.805. The molecule has 0 aromatic heterocycles. The number of hydrogen-bond acceptors (Lipinski definition) is 5. The van der Waals surface area contributed by atoms with Crippen molar-refractivity contribution in [3.05, 3.63) is 60.8 Å². The Bertz CT molecular complexity index is 1030. The predicted molar refractivity (Wildman–Crippen MR) is 245 cm³/mol. The lowest BCUT2D eigenvalue weighted by Gasteiger charge is -2.24. The van der Waals surface area contributed by atoms with Gasteiger partial charge < -0.3 is 20.3 Å². The van der Waals surface area contributed by atoms with E-state index >= 15 is 0 Å². The number of carbonyl (C=O) groups excluding carboxylic acids is 2. The van der Waals surface area contributed by atoms with Crippen molar-refractivity contribution in [3.8, 4) is 0 Å². The summed E-state index contributed by atoms with van der Waals surface area (Å²) in [5.41, 5.74) is 0. The highest BCUT2D eigenvalue weighted by atomic mass is 16.5. The normalized spacial score (nSPS) is 13.8. The molecule has 0 saturated carbocycles. The van der Waals surface area contributed by atoms with Crippen molar-refractivity contribution in [2.45, 2.75) is 244 Å². The fraction of sp³-hybridized carbons (Fsp3) is 0.765. The van der Waals surface area contributed by atoms with Crippen molar-refractivity contribution in [2.75, 3.05) is 6.61 Å². The Kier molecular flexibility index (Phi) is 42.7. The van der Waals surface area contributed by atoms with E-state index in [-0.39, 0.29) is 31.3 Å². The quantitative estimate of drug-likeness (QED) is 0.0247. The van der Waals surface area contributed by atoms with Gasteiger partial charge in [0, 0.05) is 6.42 Å². The molecule has 6 heteroatoms. The summed E-state index contributed by atoms with van der Waals surface area (Å²) in [6.45, 7) is 6.40. The molecule has 0 bridgehead atoms. The zero-order chi connectivity index (χ0) is 41.7. The van der Waals surface area contributed by atoms with Crippen LogP contribution in [0.4, 0.5) is 0 Å². The predicted octanol–water partition coefficient (Wildman–Crippen LogP) is 14.1. The lowest BCUT2D eigenvalue weighted by molar-refractivity contribution is -0.150. The highest BCUT2D eigenvalue weighted by Crippen LogP contribution is 2.16. The minimum absolute atomic E-state index is 0.0309. The lowest BCUT2D eigenvalue weighted by Crippen LogP contribution is -2.46. The first-order valence-corrected chi connectivity index (χ1v) is 24.0. The largest absolute Gasteiger partial charge is 0.462 e. The average molecular weight is 798 g/mol. The molecule has 3 atom stereocenters. The van der Waals surface area contributed by atoms with Gasteiger partial charge in [0.25, 0.3) is 0 Å². The third-order valence-electron chi connectivity index (χ3n) is 10.6. The highest BCUT2D eigenvalue weighted by Gasteiger charge is 2.24. The molecule has 0 spiro atoms. The number of allylic oxidation sites excluding steroid dienone is 10. The molecule has 0 radical (unpaired) electrons. The van der Waals surface area contributed by atoms with E-state index in [1.807, 2.05) is 6.08 Å². The summed E-state index contributed by atoms with van der Waals surface area (Å²) in [6.07, 6.45) is 54.3. The van der Waals surface area contributed by atoms with Gasteiger partial charge in [-0.15, -0.1) is 0 Å². The summed E-state index contributed by atoms with van der Waals surface area (Å²) in [7, 11) is 0. The van der Waals surface area contributed by atoms with E-state index in [4.69, 9.17) is 4.74 Å². The average Bonchev–Trinajstić information content (AvgIpc) is 3.20. The van der Waals surface area contributed by atoms with Gasteiger partial charge in [-0.25, -0.2) is 0 Å². The topological polar surface area (TPSA) is 95.9 Å². The number of carbonyl (C=O) groups is 2. The summed E-state index contributed by atoms with van der Waals surface area (Å²) in [5.74, 6) is -0.591. The van der Waals surface area contributed by atoms with Gasteiger partial charge in [0.05, 0.1) is 25.2 Å². The van der Waals surface area contributed by atoms with E-state index in [1.54, 1.807) is 0 Å². The van der Waals surface area contributed by atoms with Crippen molar-refractivity contribution in [1.29, 1.82) is 0 Å². The second-order valence-corrected chi connectivity index (χ2v) is 16.2. The van der Waals surface area contributed by atoms with E-state index in [1.165, 1.54) is 109 Å². The van der Waals surface area contributed by atoms with Gasteiger partial charge in [0.2, 0.25) is 5.91 Å². The molecule has 0 aliphatic carbocycles. The van der Waals surface area contributed by atoms with Crippen molar-refractivity contribution in [3.63, 3.8) is 0 Å². The van der Waals surface area contributed by atoms with Crippen LogP contribution in [0.2, 0.25) is 0 Å². The maximum atomic E-state index is 13.1. The van der Waals surface area contributed by atoms with E-state index < -0.39 is 18.2 Å². The van der Waals surface area contributed by atoms with Crippen molar-refractivity contribution < 1.29 is 24.5 Å². The molecule has 57 heavy (non-hydrogen) atoms. The molecular weight excluding hydrogens is 707 g/mol. The number of aliphatic hydroxyl groups excluding tert-OH is 2. The van der Waals surface area contributed by atoms with E-state index in [2.05, 4.69) is 80.8 Å². The number of nitrogens with one attached hydrogen (secondary N) is 1. The van der Waals surface area contributed by atoms with Crippen LogP contribution in [-0.4, -0.2) is 46.9 Å². The van der Waals surface area contributed by atoms with Gasteiger partial charge in [0.15, 0.2) is 0 Å². The first kappa shape index (κ1) is 54.6. The second kappa shape index (κ2) is 44.7. The molecule has 0 aliphatic rings. The Morgan fingerprint density at radius 1 is 0.526 bits per heavy atom. The van der Waals surface area contributed by atoms with Gasteiger partial charge in [-0.3, -0.25) is 9.59 Å². The number of hydrogen-bond donors (Lipinski definition) is 3. The van der Waals surface area contributed by atoms with Crippen LogP contribution in [0.1, 0.15) is 226 Å².